The van der Waals surface area contributed by atoms with Crippen molar-refractivity contribution in [3.63, 3.8) is 0 Å². The quantitative estimate of drug-likeness (QED) is 0.376. The van der Waals surface area contributed by atoms with Crippen LogP contribution >= 0.6 is 11.3 Å². The second kappa shape index (κ2) is 11.6. The lowest BCUT2D eigenvalue weighted by Gasteiger charge is -2.08. The number of hydrogen-bond donors (Lipinski definition) is 3. The number of thiophene rings is 1. The van der Waals surface area contributed by atoms with E-state index in [1.807, 2.05) is 12.1 Å². The number of nitrogens with one attached hydrogen (secondary N) is 3. The van der Waals surface area contributed by atoms with Crippen LogP contribution < -0.4 is 16.2 Å². The van der Waals surface area contributed by atoms with Gasteiger partial charge in [-0.1, -0.05) is 63.3 Å². The van der Waals surface area contributed by atoms with Crippen LogP contribution in [0.2, 0.25) is 0 Å². The molecular weight excluding hydrogens is 396 g/mol. The molecule has 30 heavy (non-hydrogen) atoms. The molecule has 3 N–H and O–H groups in total. The second-order valence-corrected chi connectivity index (χ2v) is 8.36. The summed E-state index contributed by atoms with van der Waals surface area (Å²) in [5.74, 6) is -0.260. The molecule has 0 unspecified atom stereocenters. The summed E-state index contributed by atoms with van der Waals surface area (Å²) in [5.41, 5.74) is 2.34. The van der Waals surface area contributed by atoms with Gasteiger partial charge in [0.1, 0.15) is 4.83 Å². The van der Waals surface area contributed by atoms with Crippen LogP contribution in [-0.4, -0.2) is 22.4 Å². The molecule has 0 aliphatic heterocycles. The summed E-state index contributed by atoms with van der Waals surface area (Å²) < 4.78 is 0. The van der Waals surface area contributed by atoms with E-state index in [2.05, 4.69) is 39.7 Å². The minimum absolute atomic E-state index is 0.260. The zero-order valence-corrected chi connectivity index (χ0v) is 18.3. The lowest BCUT2D eigenvalue weighted by Crippen LogP contribution is -2.24. The number of amides is 1. The predicted octanol–water partition coefficient (Wildman–Crippen LogP) is 4.36. The molecule has 0 atom stereocenters. The summed E-state index contributed by atoms with van der Waals surface area (Å²) in [6.45, 7) is 4.57. The highest BCUT2D eigenvalue weighted by Gasteiger charge is 2.15. The number of carbonyl (C=O) groups excluding carboxylic acids is 1. The van der Waals surface area contributed by atoms with Crippen LogP contribution in [-0.2, 0) is 13.1 Å². The van der Waals surface area contributed by atoms with Gasteiger partial charge in [0.15, 0.2) is 0 Å². The summed E-state index contributed by atoms with van der Waals surface area (Å²) >= 11 is 1.30. The number of hydrogen-bond acceptors (Lipinski definition) is 5. The van der Waals surface area contributed by atoms with Crippen LogP contribution in [0.1, 0.15) is 66.9 Å². The molecule has 7 heteroatoms. The van der Waals surface area contributed by atoms with E-state index in [1.165, 1.54) is 61.8 Å². The van der Waals surface area contributed by atoms with E-state index in [4.69, 9.17) is 0 Å². The molecule has 160 valence electrons. The van der Waals surface area contributed by atoms with Crippen LogP contribution in [0.4, 0.5) is 0 Å². The van der Waals surface area contributed by atoms with Gasteiger partial charge in [0, 0.05) is 18.5 Å². The average molecular weight is 427 g/mol. The third kappa shape index (κ3) is 6.24. The number of aromatic nitrogens is 2. The Balaban J connectivity index is 1.41. The minimum Gasteiger partial charge on any atom is -0.348 e. The number of carbonyl (C=O) groups is 1. The van der Waals surface area contributed by atoms with Crippen LogP contribution in [0.5, 0.6) is 0 Å². The van der Waals surface area contributed by atoms with Crippen molar-refractivity contribution in [2.24, 2.45) is 0 Å². The fourth-order valence-corrected chi connectivity index (χ4v) is 4.25. The summed E-state index contributed by atoms with van der Waals surface area (Å²) in [7, 11) is 0. The average Bonchev–Trinajstić information content (AvgIpc) is 3.20. The first-order valence-corrected chi connectivity index (χ1v) is 11.6. The molecule has 0 radical (unpaired) electrons. The smallest absolute Gasteiger partial charge is 0.260 e. The standard InChI is InChI=1S/C23H30N4O2S/c1-2-3-4-5-6-7-12-24-13-17-8-10-18(11-9-17)14-25-21(28)19-15-30-23-20(19)22(29)26-16-27-23/h8-11,15-16,24H,2-7,12-14H2,1H3,(H,25,28)(H,26,27,29). The van der Waals surface area contributed by atoms with E-state index in [9.17, 15) is 9.59 Å². The molecule has 2 heterocycles. The normalized spacial score (nSPS) is 11.1. The van der Waals surface area contributed by atoms with E-state index in [1.54, 1.807) is 5.38 Å². The Labute approximate surface area is 181 Å². The Morgan fingerprint density at radius 1 is 1.03 bits per heavy atom. The zero-order chi connectivity index (χ0) is 21.2. The summed E-state index contributed by atoms with van der Waals surface area (Å²) in [5, 5.41) is 8.42. The van der Waals surface area contributed by atoms with Crippen LogP contribution in [0.15, 0.2) is 40.8 Å². The maximum atomic E-state index is 12.5. The van der Waals surface area contributed by atoms with Crippen molar-refractivity contribution < 1.29 is 4.79 Å². The Bertz CT molecular complexity index is 994. The van der Waals surface area contributed by atoms with E-state index in [-0.39, 0.29) is 11.5 Å². The number of unbranched alkanes of at least 4 members (excludes halogenated alkanes) is 5. The van der Waals surface area contributed by atoms with Gasteiger partial charge in [-0.15, -0.1) is 11.3 Å². The molecule has 1 aromatic carbocycles. The summed E-state index contributed by atoms with van der Waals surface area (Å²) in [6, 6.07) is 8.24. The SMILES string of the molecule is CCCCCCCCNCc1ccc(CNC(=O)c2csc3nc[nH]c(=O)c23)cc1. The molecular formula is C23H30N4O2S. The summed E-state index contributed by atoms with van der Waals surface area (Å²) in [6.07, 6.45) is 9.20. The van der Waals surface area contributed by atoms with Crippen molar-refractivity contribution in [3.05, 3.63) is 63.0 Å². The molecule has 0 saturated carbocycles. The van der Waals surface area contributed by atoms with Gasteiger partial charge in [-0.05, 0) is 24.1 Å². The fourth-order valence-electron chi connectivity index (χ4n) is 3.37. The van der Waals surface area contributed by atoms with Gasteiger partial charge in [-0.3, -0.25) is 9.59 Å². The van der Waals surface area contributed by atoms with Gasteiger partial charge in [-0.25, -0.2) is 4.98 Å². The van der Waals surface area contributed by atoms with Gasteiger partial charge < -0.3 is 15.6 Å². The number of aromatic amines is 1. The highest BCUT2D eigenvalue weighted by Crippen LogP contribution is 2.20. The lowest BCUT2D eigenvalue weighted by molar-refractivity contribution is 0.0953. The topological polar surface area (TPSA) is 86.9 Å². The highest BCUT2D eigenvalue weighted by molar-refractivity contribution is 7.17. The Hall–Kier alpha value is -2.51. The van der Waals surface area contributed by atoms with Gasteiger partial charge in [-0.2, -0.15) is 0 Å². The van der Waals surface area contributed by atoms with Crippen molar-refractivity contribution >= 4 is 27.5 Å². The third-order valence-electron chi connectivity index (χ3n) is 5.13. The fraction of sp³-hybridized carbons (Fsp3) is 0.435. The summed E-state index contributed by atoms with van der Waals surface area (Å²) in [4.78, 5) is 31.7. The molecule has 0 bridgehead atoms. The van der Waals surface area contributed by atoms with E-state index < -0.39 is 0 Å². The number of H-pyrrole nitrogens is 1. The molecule has 0 aliphatic rings. The van der Waals surface area contributed by atoms with Crippen LogP contribution in [0, 0.1) is 0 Å². The molecule has 6 nitrogen and oxygen atoms in total. The molecule has 0 aliphatic carbocycles. The lowest BCUT2D eigenvalue weighted by atomic mass is 10.1. The molecule has 3 aromatic rings. The molecule has 1 amide bonds. The first-order chi connectivity index (χ1) is 14.7. The van der Waals surface area contributed by atoms with Crippen molar-refractivity contribution in [3.8, 4) is 0 Å². The highest BCUT2D eigenvalue weighted by atomic mass is 32.1. The van der Waals surface area contributed by atoms with Crippen molar-refractivity contribution in [2.45, 2.75) is 58.5 Å². The maximum absolute atomic E-state index is 12.5. The van der Waals surface area contributed by atoms with E-state index >= 15 is 0 Å². The van der Waals surface area contributed by atoms with Gasteiger partial charge in [0.25, 0.3) is 11.5 Å². The minimum atomic E-state index is -0.288. The molecule has 0 fully saturated rings. The molecule has 0 saturated heterocycles. The molecule has 2 aromatic heterocycles. The number of rotatable bonds is 12. The predicted molar refractivity (Wildman–Crippen MR) is 123 cm³/mol. The zero-order valence-electron chi connectivity index (χ0n) is 17.5. The van der Waals surface area contributed by atoms with Gasteiger partial charge in [0.2, 0.25) is 0 Å². The first kappa shape index (κ1) is 22.2. The van der Waals surface area contributed by atoms with Gasteiger partial charge in [0.05, 0.1) is 17.3 Å². The first-order valence-electron chi connectivity index (χ1n) is 10.7. The van der Waals surface area contributed by atoms with Crippen molar-refractivity contribution in [1.29, 1.82) is 0 Å². The van der Waals surface area contributed by atoms with Crippen LogP contribution in [0.25, 0.3) is 10.2 Å². The third-order valence-corrected chi connectivity index (χ3v) is 6.02. The Kier molecular flexibility index (Phi) is 8.59. The second-order valence-electron chi connectivity index (χ2n) is 7.50. The largest absolute Gasteiger partial charge is 0.348 e. The van der Waals surface area contributed by atoms with Crippen LogP contribution in [0.3, 0.4) is 0 Å². The van der Waals surface area contributed by atoms with E-state index in [0.29, 0.717) is 22.3 Å². The number of benzene rings is 1. The van der Waals surface area contributed by atoms with Crippen molar-refractivity contribution in [2.75, 3.05) is 6.54 Å². The Morgan fingerprint density at radius 3 is 2.50 bits per heavy atom. The monoisotopic (exact) mass is 426 g/mol. The molecule has 0 spiro atoms. The number of nitrogens with zero attached hydrogens (tertiary/aromatic N) is 1. The maximum Gasteiger partial charge on any atom is 0.260 e. The van der Waals surface area contributed by atoms with E-state index in [0.717, 1.165) is 18.7 Å². The van der Waals surface area contributed by atoms with Gasteiger partial charge >= 0.3 is 0 Å². The molecule has 3 rings (SSSR count). The Morgan fingerprint density at radius 2 is 1.73 bits per heavy atom. The van der Waals surface area contributed by atoms with Crippen molar-refractivity contribution in [1.82, 2.24) is 20.6 Å². The number of fused-ring (bicyclic) bond motifs is 1.